The van der Waals surface area contributed by atoms with Gasteiger partial charge in [-0.15, -0.1) is 0 Å². The van der Waals surface area contributed by atoms with Crippen molar-refractivity contribution in [2.45, 2.75) is 109 Å². The Morgan fingerprint density at radius 3 is 1.40 bits per heavy atom. The van der Waals surface area contributed by atoms with Gasteiger partial charge in [-0.25, -0.2) is 0 Å². The zero-order valence-electron chi connectivity index (χ0n) is 16.4. The minimum atomic E-state index is 1.15. The van der Waals surface area contributed by atoms with Gasteiger partial charge in [0, 0.05) is 17.2 Å². The van der Waals surface area contributed by atoms with Crippen LogP contribution < -0.4 is 0 Å². The normalized spacial score (nSPS) is 11.1. The summed E-state index contributed by atoms with van der Waals surface area (Å²) < 4.78 is 0. The molecule has 0 aliphatic rings. The van der Waals surface area contributed by atoms with E-state index in [0.29, 0.717) is 0 Å². The lowest BCUT2D eigenvalue weighted by molar-refractivity contribution is 0.529. The van der Waals surface area contributed by atoms with Crippen LogP contribution in [0.3, 0.4) is 0 Å². The van der Waals surface area contributed by atoms with Crippen LogP contribution in [-0.2, 0) is 6.42 Å². The number of halogens is 1. The van der Waals surface area contributed by atoms with Crippen LogP contribution >= 0.6 is 15.9 Å². The highest BCUT2D eigenvalue weighted by Gasteiger charge is 1.96. The molecule has 0 saturated carbocycles. The fraction of sp³-hybridized carbons (Fsp3) is 0.783. The average molecular weight is 410 g/mol. The van der Waals surface area contributed by atoms with E-state index in [1.807, 2.05) is 12.3 Å². The Balaban J connectivity index is 1.69. The minimum absolute atomic E-state index is 1.15. The smallest absolute Gasteiger partial charge is 0.0403 e. The molecule has 1 aromatic heterocycles. The average Bonchev–Trinajstić information content (AvgIpc) is 2.65. The summed E-state index contributed by atoms with van der Waals surface area (Å²) in [5, 5.41) is 1.18. The molecule has 25 heavy (non-hydrogen) atoms. The number of hydrogen-bond acceptors (Lipinski definition) is 1. The lowest BCUT2D eigenvalue weighted by Gasteiger charge is -2.04. The van der Waals surface area contributed by atoms with Crippen molar-refractivity contribution in [2.75, 3.05) is 5.33 Å². The van der Waals surface area contributed by atoms with Gasteiger partial charge >= 0.3 is 0 Å². The SMILES string of the molecule is BrCCCCCCCCCCCCCCCCCCc1ccccn1. The number of unbranched alkanes of at least 4 members (excludes halogenated alkanes) is 15. The Kier molecular flexibility index (Phi) is 16.7. The summed E-state index contributed by atoms with van der Waals surface area (Å²) in [5.41, 5.74) is 1.25. The second-order valence-electron chi connectivity index (χ2n) is 7.42. The quantitative estimate of drug-likeness (QED) is 0.175. The Labute approximate surface area is 165 Å². The van der Waals surface area contributed by atoms with Gasteiger partial charge < -0.3 is 0 Å². The van der Waals surface area contributed by atoms with Crippen LogP contribution in [-0.4, -0.2) is 10.3 Å². The standard InChI is InChI=1S/C23H40BrN/c24-21-17-14-12-10-8-6-4-2-1-3-5-7-9-11-13-15-19-23-20-16-18-22-25-23/h16,18,20,22H,1-15,17,19,21H2. The summed E-state index contributed by atoms with van der Waals surface area (Å²) in [6.45, 7) is 0. The largest absolute Gasteiger partial charge is 0.261 e. The van der Waals surface area contributed by atoms with Crippen molar-refractivity contribution in [2.24, 2.45) is 0 Å². The third-order valence-electron chi connectivity index (χ3n) is 5.04. The summed E-state index contributed by atoms with van der Waals surface area (Å²) in [7, 11) is 0. The molecular formula is C23H40BrN. The zero-order chi connectivity index (χ0) is 17.8. The first-order valence-corrected chi connectivity index (χ1v) is 12.0. The molecule has 0 aromatic carbocycles. The van der Waals surface area contributed by atoms with E-state index in [4.69, 9.17) is 0 Å². The van der Waals surface area contributed by atoms with E-state index in [9.17, 15) is 0 Å². The molecule has 0 fully saturated rings. The number of nitrogens with zero attached hydrogens (tertiary/aromatic N) is 1. The van der Waals surface area contributed by atoms with Crippen molar-refractivity contribution in [1.82, 2.24) is 4.98 Å². The predicted molar refractivity (Wildman–Crippen MR) is 116 cm³/mol. The maximum atomic E-state index is 4.39. The summed E-state index contributed by atoms with van der Waals surface area (Å²) >= 11 is 3.50. The minimum Gasteiger partial charge on any atom is -0.261 e. The molecule has 2 heteroatoms. The molecule has 0 saturated heterocycles. The summed E-state index contributed by atoms with van der Waals surface area (Å²) in [5.74, 6) is 0. The maximum Gasteiger partial charge on any atom is 0.0403 e. The van der Waals surface area contributed by atoms with E-state index in [2.05, 4.69) is 33.0 Å². The molecule has 1 nitrogen and oxygen atoms in total. The van der Waals surface area contributed by atoms with Gasteiger partial charge in [0.2, 0.25) is 0 Å². The highest BCUT2D eigenvalue weighted by Crippen LogP contribution is 2.14. The van der Waals surface area contributed by atoms with Crippen molar-refractivity contribution in [3.8, 4) is 0 Å². The van der Waals surface area contributed by atoms with Gasteiger partial charge in [-0.2, -0.15) is 0 Å². The van der Waals surface area contributed by atoms with Crippen LogP contribution in [0.2, 0.25) is 0 Å². The molecule has 0 aliphatic heterocycles. The fourth-order valence-electron chi connectivity index (χ4n) is 3.42. The van der Waals surface area contributed by atoms with Crippen LogP contribution in [0.1, 0.15) is 108 Å². The van der Waals surface area contributed by atoms with E-state index in [1.165, 1.54) is 114 Å². The molecule has 0 radical (unpaired) electrons. The highest BCUT2D eigenvalue weighted by atomic mass is 79.9. The summed E-state index contributed by atoms with van der Waals surface area (Å²) in [4.78, 5) is 4.39. The van der Waals surface area contributed by atoms with Crippen LogP contribution in [0, 0.1) is 0 Å². The lowest BCUT2D eigenvalue weighted by atomic mass is 10.0. The molecule has 1 rings (SSSR count). The fourth-order valence-corrected chi connectivity index (χ4v) is 3.82. The number of rotatable bonds is 18. The van der Waals surface area contributed by atoms with Gasteiger partial charge in [0.15, 0.2) is 0 Å². The van der Waals surface area contributed by atoms with E-state index >= 15 is 0 Å². The molecule has 0 bridgehead atoms. The molecule has 144 valence electrons. The molecule has 0 aliphatic carbocycles. The molecule has 0 unspecified atom stereocenters. The summed E-state index contributed by atoms with van der Waals surface area (Å²) in [6.07, 6.45) is 25.9. The Morgan fingerprint density at radius 2 is 1.00 bits per heavy atom. The molecule has 0 spiro atoms. The van der Waals surface area contributed by atoms with Crippen molar-refractivity contribution >= 4 is 15.9 Å². The van der Waals surface area contributed by atoms with E-state index in [0.717, 1.165) is 6.42 Å². The van der Waals surface area contributed by atoms with Gasteiger partial charge in [0.25, 0.3) is 0 Å². The first kappa shape index (κ1) is 22.7. The van der Waals surface area contributed by atoms with Crippen molar-refractivity contribution < 1.29 is 0 Å². The Hall–Kier alpha value is -0.370. The van der Waals surface area contributed by atoms with Crippen LogP contribution in [0.25, 0.3) is 0 Å². The molecule has 1 aromatic rings. The van der Waals surface area contributed by atoms with Crippen LogP contribution in [0.15, 0.2) is 24.4 Å². The van der Waals surface area contributed by atoms with Crippen molar-refractivity contribution in [3.05, 3.63) is 30.1 Å². The topological polar surface area (TPSA) is 12.9 Å². The van der Waals surface area contributed by atoms with Gasteiger partial charge in [-0.3, -0.25) is 4.98 Å². The maximum absolute atomic E-state index is 4.39. The third-order valence-corrected chi connectivity index (χ3v) is 5.60. The van der Waals surface area contributed by atoms with Crippen molar-refractivity contribution in [1.29, 1.82) is 0 Å². The number of hydrogen-bond donors (Lipinski definition) is 0. The zero-order valence-corrected chi connectivity index (χ0v) is 17.9. The predicted octanol–water partition coefficient (Wildman–Crippen LogP) is 8.26. The van der Waals surface area contributed by atoms with Gasteiger partial charge in [-0.05, 0) is 31.4 Å². The number of aryl methyl sites for hydroxylation is 1. The molecule has 0 atom stereocenters. The van der Waals surface area contributed by atoms with Crippen molar-refractivity contribution in [3.63, 3.8) is 0 Å². The number of alkyl halides is 1. The van der Waals surface area contributed by atoms with Crippen LogP contribution in [0.5, 0.6) is 0 Å². The summed E-state index contributed by atoms with van der Waals surface area (Å²) in [6, 6.07) is 6.23. The van der Waals surface area contributed by atoms with Gasteiger partial charge in [-0.1, -0.05) is 112 Å². The van der Waals surface area contributed by atoms with Gasteiger partial charge in [0.1, 0.15) is 0 Å². The Morgan fingerprint density at radius 1 is 0.560 bits per heavy atom. The number of aromatic nitrogens is 1. The Bertz CT molecular complexity index is 366. The van der Waals surface area contributed by atoms with E-state index in [1.54, 1.807) is 0 Å². The third kappa shape index (κ3) is 15.6. The first-order chi connectivity index (χ1) is 12.4. The first-order valence-electron chi connectivity index (χ1n) is 10.9. The highest BCUT2D eigenvalue weighted by molar-refractivity contribution is 9.09. The van der Waals surface area contributed by atoms with Gasteiger partial charge in [0.05, 0.1) is 0 Å². The van der Waals surface area contributed by atoms with E-state index < -0.39 is 0 Å². The second kappa shape index (κ2) is 18.4. The number of pyridine rings is 1. The molecule has 1 heterocycles. The van der Waals surface area contributed by atoms with Crippen LogP contribution in [0.4, 0.5) is 0 Å². The monoisotopic (exact) mass is 409 g/mol. The second-order valence-corrected chi connectivity index (χ2v) is 8.21. The molecule has 0 N–H and O–H groups in total. The molecule has 0 amide bonds. The van der Waals surface area contributed by atoms with E-state index in [-0.39, 0.29) is 0 Å². The lowest BCUT2D eigenvalue weighted by Crippen LogP contribution is -1.89. The molecular weight excluding hydrogens is 370 g/mol.